The van der Waals surface area contributed by atoms with Crippen molar-refractivity contribution in [2.75, 3.05) is 0 Å². The van der Waals surface area contributed by atoms with Gasteiger partial charge in [0.15, 0.2) is 0 Å². The number of benzene rings is 2. The minimum Gasteiger partial charge on any atom is -0.490 e. The average molecular weight is 442 g/mol. The number of rotatable bonds is 6. The van der Waals surface area contributed by atoms with Crippen LogP contribution in [-0.4, -0.2) is 22.0 Å². The highest BCUT2D eigenvalue weighted by molar-refractivity contribution is 9.10. The van der Waals surface area contributed by atoms with Gasteiger partial charge in [-0.25, -0.2) is 4.98 Å². The van der Waals surface area contributed by atoms with Gasteiger partial charge in [-0.05, 0) is 43.7 Å². The van der Waals surface area contributed by atoms with Gasteiger partial charge in [-0.3, -0.25) is 4.79 Å². The number of fused-ring (bicyclic) bond motifs is 1. The molecule has 3 aromatic rings. The lowest BCUT2D eigenvalue weighted by atomic mass is 10.2. The predicted molar refractivity (Wildman–Crippen MR) is 118 cm³/mol. The van der Waals surface area contributed by atoms with Gasteiger partial charge in [0.25, 0.3) is 5.56 Å². The molecule has 0 unspecified atom stereocenters. The molecule has 6 heteroatoms. The minimum absolute atomic E-state index is 0.0458. The number of nitrogens with zero attached hydrogens (tertiary/aromatic N) is 3. The van der Waals surface area contributed by atoms with Crippen LogP contribution in [0.3, 0.4) is 0 Å². The Morgan fingerprint density at radius 2 is 1.96 bits per heavy atom. The Hall–Kier alpha value is -2.47. The van der Waals surface area contributed by atoms with Crippen LogP contribution in [0.2, 0.25) is 0 Å². The normalized spacial score (nSPS) is 12.8. The van der Waals surface area contributed by atoms with E-state index in [-0.39, 0.29) is 17.6 Å². The molecule has 0 saturated carbocycles. The molecule has 0 aliphatic heterocycles. The summed E-state index contributed by atoms with van der Waals surface area (Å²) in [7, 11) is 0. The summed E-state index contributed by atoms with van der Waals surface area (Å²) >= 11 is 3.42. The van der Waals surface area contributed by atoms with E-state index in [1.165, 1.54) is 4.68 Å². The molecule has 1 heterocycles. The molecule has 0 aliphatic carbocycles. The molecular weight excluding hydrogens is 418 g/mol. The van der Waals surface area contributed by atoms with Crippen molar-refractivity contribution in [2.24, 2.45) is 5.10 Å². The number of hydrogen-bond donors (Lipinski definition) is 0. The zero-order valence-corrected chi connectivity index (χ0v) is 18.1. The van der Waals surface area contributed by atoms with Gasteiger partial charge in [-0.2, -0.15) is 9.78 Å². The molecule has 5 nitrogen and oxygen atoms in total. The number of hydrogen-bond acceptors (Lipinski definition) is 4. The fourth-order valence-corrected chi connectivity index (χ4v) is 3.13. The van der Waals surface area contributed by atoms with E-state index in [1.54, 1.807) is 12.3 Å². The Kier molecular flexibility index (Phi) is 6.29. The van der Waals surface area contributed by atoms with E-state index < -0.39 is 0 Å². The molecule has 0 amide bonds. The molecule has 146 valence electrons. The Morgan fingerprint density at radius 3 is 2.68 bits per heavy atom. The van der Waals surface area contributed by atoms with Crippen LogP contribution in [0.4, 0.5) is 0 Å². The Balaban J connectivity index is 2.11. The second-order valence-corrected chi connectivity index (χ2v) is 7.94. The Bertz CT molecular complexity index is 1070. The van der Waals surface area contributed by atoms with Crippen LogP contribution in [0.15, 0.2) is 56.8 Å². The maximum Gasteiger partial charge on any atom is 0.282 e. The van der Waals surface area contributed by atoms with Crippen molar-refractivity contribution in [1.29, 1.82) is 0 Å². The third kappa shape index (κ3) is 4.33. The first-order valence-electron chi connectivity index (χ1n) is 9.43. The van der Waals surface area contributed by atoms with Gasteiger partial charge in [0.2, 0.25) is 0 Å². The lowest BCUT2D eigenvalue weighted by molar-refractivity contribution is 0.217. The second kappa shape index (κ2) is 8.69. The van der Waals surface area contributed by atoms with Gasteiger partial charge in [0, 0.05) is 16.0 Å². The topological polar surface area (TPSA) is 56.5 Å². The molecule has 28 heavy (non-hydrogen) atoms. The molecule has 1 aromatic heterocycles. The smallest absolute Gasteiger partial charge is 0.282 e. The Morgan fingerprint density at radius 1 is 1.21 bits per heavy atom. The third-order valence-corrected chi connectivity index (χ3v) is 4.98. The lowest BCUT2D eigenvalue weighted by Crippen LogP contribution is -2.23. The largest absolute Gasteiger partial charge is 0.490 e. The molecule has 0 radical (unpaired) electrons. The van der Waals surface area contributed by atoms with Crippen LogP contribution in [0.25, 0.3) is 10.9 Å². The first-order chi connectivity index (χ1) is 13.4. The maximum absolute atomic E-state index is 13.1. The standard InChI is InChI=1S/C22H24BrN3O2/c1-5-15(4)28-20-9-7-6-8-16(20)13-24-26-21(14(2)3)25-19-11-10-17(23)12-18(19)22(26)27/h6-15H,5H2,1-4H3/t15-/m0/s1. The van der Waals surface area contributed by atoms with Gasteiger partial charge >= 0.3 is 0 Å². The quantitative estimate of drug-likeness (QED) is 0.484. The summed E-state index contributed by atoms with van der Waals surface area (Å²) in [6.45, 7) is 8.10. The molecule has 0 aliphatic rings. The molecule has 3 rings (SSSR count). The zero-order valence-electron chi connectivity index (χ0n) is 16.5. The van der Waals surface area contributed by atoms with Gasteiger partial charge in [0.05, 0.1) is 23.2 Å². The van der Waals surface area contributed by atoms with Gasteiger partial charge in [-0.15, -0.1) is 0 Å². The highest BCUT2D eigenvalue weighted by Gasteiger charge is 2.14. The summed E-state index contributed by atoms with van der Waals surface area (Å²) in [6, 6.07) is 13.2. The summed E-state index contributed by atoms with van der Waals surface area (Å²) in [5, 5.41) is 5.02. The highest BCUT2D eigenvalue weighted by atomic mass is 79.9. The fraction of sp³-hybridized carbons (Fsp3) is 0.318. The summed E-state index contributed by atoms with van der Waals surface area (Å²) in [5.74, 6) is 1.41. The summed E-state index contributed by atoms with van der Waals surface area (Å²) < 4.78 is 8.20. The Labute approximate surface area is 173 Å². The van der Waals surface area contributed by atoms with E-state index >= 15 is 0 Å². The average Bonchev–Trinajstić information content (AvgIpc) is 2.68. The van der Waals surface area contributed by atoms with Crippen molar-refractivity contribution < 1.29 is 4.74 Å². The van der Waals surface area contributed by atoms with Crippen molar-refractivity contribution in [2.45, 2.75) is 46.1 Å². The highest BCUT2D eigenvalue weighted by Crippen LogP contribution is 2.20. The van der Waals surface area contributed by atoms with Gasteiger partial charge in [0.1, 0.15) is 11.6 Å². The molecule has 0 spiro atoms. The predicted octanol–water partition coefficient (Wildman–Crippen LogP) is 5.34. The van der Waals surface area contributed by atoms with E-state index in [2.05, 4.69) is 32.9 Å². The van der Waals surface area contributed by atoms with E-state index in [4.69, 9.17) is 4.74 Å². The van der Waals surface area contributed by atoms with Crippen LogP contribution in [0.1, 0.15) is 51.4 Å². The molecule has 2 aromatic carbocycles. The molecule has 0 fully saturated rings. The van der Waals surface area contributed by atoms with Gasteiger partial charge in [-0.1, -0.05) is 48.8 Å². The number of aromatic nitrogens is 2. The number of ether oxygens (including phenoxy) is 1. The summed E-state index contributed by atoms with van der Waals surface area (Å²) in [6.07, 6.45) is 2.67. The second-order valence-electron chi connectivity index (χ2n) is 7.02. The zero-order chi connectivity index (χ0) is 20.3. The first-order valence-corrected chi connectivity index (χ1v) is 10.2. The van der Waals surface area contributed by atoms with Crippen LogP contribution >= 0.6 is 15.9 Å². The summed E-state index contributed by atoms with van der Waals surface area (Å²) in [4.78, 5) is 17.8. The van der Waals surface area contributed by atoms with E-state index in [9.17, 15) is 4.79 Å². The van der Waals surface area contributed by atoms with E-state index in [1.807, 2.05) is 57.2 Å². The van der Waals surface area contributed by atoms with Gasteiger partial charge < -0.3 is 4.74 Å². The molecule has 0 N–H and O–H groups in total. The van der Waals surface area contributed by atoms with Crippen molar-refractivity contribution in [1.82, 2.24) is 9.66 Å². The number of halogens is 1. The van der Waals surface area contributed by atoms with Crippen molar-refractivity contribution in [3.63, 3.8) is 0 Å². The third-order valence-electron chi connectivity index (χ3n) is 4.48. The molecule has 0 saturated heterocycles. The molecule has 1 atom stereocenters. The lowest BCUT2D eigenvalue weighted by Gasteiger charge is -2.15. The van der Waals surface area contributed by atoms with E-state index in [0.717, 1.165) is 22.2 Å². The monoisotopic (exact) mass is 441 g/mol. The fourth-order valence-electron chi connectivity index (χ4n) is 2.77. The van der Waals surface area contributed by atoms with Crippen molar-refractivity contribution in [3.8, 4) is 5.75 Å². The van der Waals surface area contributed by atoms with Crippen LogP contribution in [0.5, 0.6) is 5.75 Å². The molecular formula is C22H24BrN3O2. The van der Waals surface area contributed by atoms with Crippen molar-refractivity contribution in [3.05, 3.63) is 68.7 Å². The summed E-state index contributed by atoms with van der Waals surface area (Å²) in [5.41, 5.74) is 1.30. The SMILES string of the molecule is CC[C@H](C)Oc1ccccc1C=Nn1c(C(C)C)nc2ccc(Br)cc2c1=O. The van der Waals surface area contributed by atoms with Crippen molar-refractivity contribution >= 4 is 33.0 Å². The number of para-hydroxylation sites is 1. The minimum atomic E-state index is -0.188. The van der Waals surface area contributed by atoms with E-state index in [0.29, 0.717) is 16.7 Å². The van der Waals surface area contributed by atoms with Crippen LogP contribution < -0.4 is 10.3 Å². The molecule has 0 bridgehead atoms. The maximum atomic E-state index is 13.1. The first kappa shape index (κ1) is 20.3. The van der Waals surface area contributed by atoms with Crippen LogP contribution in [-0.2, 0) is 0 Å². The van der Waals surface area contributed by atoms with Crippen LogP contribution in [0, 0.1) is 0 Å².